The van der Waals surface area contributed by atoms with Gasteiger partial charge in [0.1, 0.15) is 0 Å². The second kappa shape index (κ2) is 11.0. The predicted molar refractivity (Wildman–Crippen MR) is 112 cm³/mol. The number of hydrogen-bond donors (Lipinski definition) is 1. The number of rotatable bonds is 9. The van der Waals surface area contributed by atoms with Crippen molar-refractivity contribution in [3.63, 3.8) is 0 Å². The Morgan fingerprint density at radius 2 is 2.21 bits per heavy atom. The van der Waals surface area contributed by atoms with E-state index in [9.17, 15) is 13.2 Å². The minimum Gasteiger partial charge on any atom is -0.463 e. The van der Waals surface area contributed by atoms with Crippen LogP contribution in [0.1, 0.15) is 52.9 Å². The zero-order chi connectivity index (χ0) is 21.4. The molecule has 0 unspecified atom stereocenters. The van der Waals surface area contributed by atoms with Crippen LogP contribution in [0, 0.1) is 5.92 Å². The fraction of sp³-hybridized carbons (Fsp3) is 0.842. The summed E-state index contributed by atoms with van der Waals surface area (Å²) in [5, 5.41) is 3.91. The molecule has 0 aromatic carbocycles. The lowest BCUT2D eigenvalue weighted by molar-refractivity contribution is -0.139. The van der Waals surface area contributed by atoms with Crippen molar-refractivity contribution in [2.75, 3.05) is 25.4 Å². The third-order valence-corrected chi connectivity index (χ3v) is 7.19. The monoisotopic (exact) mass is 427 g/mol. The van der Waals surface area contributed by atoms with Gasteiger partial charge in [-0.2, -0.15) is 0 Å². The van der Waals surface area contributed by atoms with Crippen LogP contribution in [0.15, 0.2) is 16.8 Å². The average Bonchev–Trinajstić information content (AvgIpc) is 2.68. The highest BCUT2D eigenvalue weighted by Gasteiger charge is 2.37. The topological polar surface area (TPSA) is 124 Å². The number of hydrogen-bond acceptors (Lipinski definition) is 6. The molecular weight excluding hydrogens is 394 g/mol. The molecule has 0 radical (unpaired) electrons. The van der Waals surface area contributed by atoms with E-state index in [-0.39, 0.29) is 42.4 Å². The molecule has 1 aliphatic heterocycles. The molecule has 0 spiro atoms. The lowest BCUT2D eigenvalue weighted by Crippen LogP contribution is -2.54. The van der Waals surface area contributed by atoms with Crippen molar-refractivity contribution < 1.29 is 17.9 Å². The number of esters is 1. The Hall–Kier alpha value is -1.61. The molecule has 1 fully saturated rings. The first-order valence-corrected chi connectivity index (χ1v) is 12.1. The number of ether oxygens (including phenoxy) is 1. The molecule has 2 aliphatic rings. The molecule has 0 aromatic heterocycles. The van der Waals surface area contributed by atoms with Gasteiger partial charge >= 0.3 is 5.97 Å². The lowest BCUT2D eigenvalue weighted by Gasteiger charge is -2.43. The summed E-state index contributed by atoms with van der Waals surface area (Å²) in [6.07, 6.45) is 5.40. The van der Waals surface area contributed by atoms with E-state index in [0.29, 0.717) is 25.0 Å². The highest BCUT2D eigenvalue weighted by atomic mass is 32.2. The Kier molecular flexibility index (Phi) is 8.95. The quantitative estimate of drug-likeness (QED) is 0.262. The van der Waals surface area contributed by atoms with Crippen LogP contribution in [-0.4, -0.2) is 62.9 Å². The second-order valence-corrected chi connectivity index (χ2v) is 9.74. The van der Waals surface area contributed by atoms with Gasteiger partial charge in [0.05, 0.1) is 12.4 Å². The maximum absolute atomic E-state index is 12.3. The number of carbonyl (C=O) groups excluding carboxylic acids is 1. The number of azide groups is 1. The summed E-state index contributed by atoms with van der Waals surface area (Å²) in [4.78, 5) is 17.5. The van der Waals surface area contributed by atoms with Crippen molar-refractivity contribution in [3.05, 3.63) is 22.1 Å². The van der Waals surface area contributed by atoms with Gasteiger partial charge < -0.3 is 4.74 Å². The minimum absolute atomic E-state index is 0.0134. The van der Waals surface area contributed by atoms with Gasteiger partial charge in [-0.05, 0) is 50.6 Å². The molecule has 1 saturated heterocycles. The molecular formula is C19H33N5O4S. The Labute approximate surface area is 173 Å². The largest absolute Gasteiger partial charge is 0.463 e. The SMILES string of the molecule is CCCCS(=O)(=O)N[C@@H]1CCCN([C@@H]2C=C(C(=O)OCC)C[C@H](N=[N+]=[N-])[C@H]2C)C1. The Morgan fingerprint density at radius 3 is 2.86 bits per heavy atom. The zero-order valence-electron chi connectivity index (χ0n) is 17.6. The molecule has 0 bridgehead atoms. The van der Waals surface area contributed by atoms with Crippen molar-refractivity contribution in [3.8, 4) is 0 Å². The van der Waals surface area contributed by atoms with E-state index >= 15 is 0 Å². The molecule has 9 nitrogen and oxygen atoms in total. The third-order valence-electron chi connectivity index (χ3n) is 5.67. The molecule has 4 atom stereocenters. The number of piperidine rings is 1. The zero-order valence-corrected chi connectivity index (χ0v) is 18.4. The van der Waals surface area contributed by atoms with E-state index in [0.717, 1.165) is 25.8 Å². The number of likely N-dealkylation sites (tertiary alicyclic amines) is 1. The van der Waals surface area contributed by atoms with Gasteiger partial charge in [0, 0.05) is 35.2 Å². The minimum atomic E-state index is -3.29. The van der Waals surface area contributed by atoms with E-state index in [4.69, 9.17) is 10.3 Å². The number of carbonyl (C=O) groups is 1. The summed E-state index contributed by atoms with van der Waals surface area (Å²) >= 11 is 0. The van der Waals surface area contributed by atoms with Crippen LogP contribution < -0.4 is 4.72 Å². The smallest absolute Gasteiger partial charge is 0.333 e. The number of nitrogens with one attached hydrogen (secondary N) is 1. The number of sulfonamides is 1. The number of unbranched alkanes of at least 4 members (excludes halogenated alkanes) is 1. The summed E-state index contributed by atoms with van der Waals surface area (Å²) in [6, 6.07) is -0.602. The molecule has 0 aromatic rings. The van der Waals surface area contributed by atoms with Crippen LogP contribution in [-0.2, 0) is 19.6 Å². The maximum atomic E-state index is 12.3. The first kappa shape index (κ1) is 23.7. The first-order valence-electron chi connectivity index (χ1n) is 10.5. The van der Waals surface area contributed by atoms with Crippen molar-refractivity contribution in [2.45, 2.75) is 71.0 Å². The summed E-state index contributed by atoms with van der Waals surface area (Å²) in [5.74, 6) is -0.220. The van der Waals surface area contributed by atoms with E-state index in [1.165, 1.54) is 0 Å². The molecule has 1 aliphatic carbocycles. The first-order chi connectivity index (χ1) is 13.8. The molecule has 29 heavy (non-hydrogen) atoms. The average molecular weight is 428 g/mol. The fourth-order valence-electron chi connectivity index (χ4n) is 4.11. The molecule has 1 heterocycles. The lowest BCUT2D eigenvalue weighted by atomic mass is 9.81. The van der Waals surface area contributed by atoms with E-state index in [1.807, 2.05) is 19.9 Å². The van der Waals surface area contributed by atoms with Gasteiger partial charge in [-0.3, -0.25) is 4.90 Å². The van der Waals surface area contributed by atoms with Gasteiger partial charge in [0.15, 0.2) is 0 Å². The van der Waals surface area contributed by atoms with Crippen LogP contribution in [0.4, 0.5) is 0 Å². The molecule has 0 saturated carbocycles. The van der Waals surface area contributed by atoms with Crippen LogP contribution in [0.3, 0.4) is 0 Å². The van der Waals surface area contributed by atoms with Crippen LogP contribution in [0.5, 0.6) is 0 Å². The Morgan fingerprint density at radius 1 is 1.45 bits per heavy atom. The standard InChI is InChI=1S/C19H33N5O4S/c1-4-6-10-29(26,27)22-16-8-7-9-24(13-16)18-12-15(19(25)28-5-2)11-17(14(18)3)21-23-20/h12,14,16-18,22H,4-11,13H2,1-3H3/t14-,16-,17+,18-/m1/s1. The Bertz CT molecular complexity index is 748. The number of nitrogens with zero attached hydrogens (tertiary/aromatic N) is 4. The van der Waals surface area contributed by atoms with Crippen LogP contribution in [0.25, 0.3) is 10.4 Å². The Balaban J connectivity index is 2.17. The summed E-state index contributed by atoms with van der Waals surface area (Å²) in [5.41, 5.74) is 9.46. The van der Waals surface area contributed by atoms with Gasteiger partial charge in [-0.15, -0.1) is 0 Å². The molecule has 164 valence electrons. The highest BCUT2D eigenvalue weighted by molar-refractivity contribution is 7.89. The normalized spacial score (nSPS) is 28.3. The molecule has 1 N–H and O–H groups in total. The predicted octanol–water partition coefficient (Wildman–Crippen LogP) is 2.75. The van der Waals surface area contributed by atoms with Gasteiger partial charge in [-0.25, -0.2) is 17.9 Å². The fourth-order valence-corrected chi connectivity index (χ4v) is 5.60. The second-order valence-electron chi connectivity index (χ2n) is 7.86. The summed E-state index contributed by atoms with van der Waals surface area (Å²) < 4.78 is 32.6. The highest BCUT2D eigenvalue weighted by Crippen LogP contribution is 2.32. The van der Waals surface area contributed by atoms with Gasteiger partial charge in [-0.1, -0.05) is 31.5 Å². The molecule has 10 heteroatoms. The van der Waals surface area contributed by atoms with Crippen molar-refractivity contribution in [1.29, 1.82) is 0 Å². The van der Waals surface area contributed by atoms with Gasteiger partial charge in [0.25, 0.3) is 0 Å². The van der Waals surface area contributed by atoms with Crippen LogP contribution in [0.2, 0.25) is 0 Å². The van der Waals surface area contributed by atoms with E-state index in [1.54, 1.807) is 6.92 Å². The van der Waals surface area contributed by atoms with Crippen molar-refractivity contribution >= 4 is 16.0 Å². The van der Waals surface area contributed by atoms with Crippen molar-refractivity contribution in [1.82, 2.24) is 9.62 Å². The summed E-state index contributed by atoms with van der Waals surface area (Å²) in [7, 11) is -3.29. The summed E-state index contributed by atoms with van der Waals surface area (Å²) in [6.45, 7) is 7.39. The van der Waals surface area contributed by atoms with E-state index < -0.39 is 10.0 Å². The van der Waals surface area contributed by atoms with E-state index in [2.05, 4.69) is 19.6 Å². The molecule has 0 amide bonds. The third kappa shape index (κ3) is 6.70. The van der Waals surface area contributed by atoms with Crippen LogP contribution >= 0.6 is 0 Å². The van der Waals surface area contributed by atoms with Crippen molar-refractivity contribution in [2.24, 2.45) is 11.0 Å². The maximum Gasteiger partial charge on any atom is 0.333 e. The van der Waals surface area contributed by atoms with Gasteiger partial charge in [0.2, 0.25) is 10.0 Å². The molecule has 2 rings (SSSR count).